The largest absolute Gasteiger partial charge is 0.442 e. The summed E-state index contributed by atoms with van der Waals surface area (Å²) in [5, 5.41) is 2.69. The predicted molar refractivity (Wildman–Crippen MR) is 87.5 cm³/mol. The molecule has 6 heteroatoms. The van der Waals surface area contributed by atoms with Crippen LogP contribution in [0, 0.1) is 19.7 Å². The van der Waals surface area contributed by atoms with Crippen LogP contribution in [-0.2, 0) is 0 Å². The first-order valence-electron chi connectivity index (χ1n) is 7.05. The number of amides is 1. The summed E-state index contributed by atoms with van der Waals surface area (Å²) in [5.74, 6) is 0.0319. The topological polar surface area (TPSA) is 57.8 Å². The quantitative estimate of drug-likeness (QED) is 0.916. The molecule has 1 N–H and O–H groups in total. The van der Waals surface area contributed by atoms with E-state index in [4.69, 9.17) is 4.42 Å². The second-order valence-corrected chi connectivity index (χ2v) is 5.43. The van der Waals surface area contributed by atoms with Crippen molar-refractivity contribution < 1.29 is 13.6 Å². The van der Waals surface area contributed by atoms with E-state index in [9.17, 15) is 9.18 Å². The van der Waals surface area contributed by atoms with Crippen LogP contribution in [0.25, 0.3) is 5.70 Å². The van der Waals surface area contributed by atoms with Crippen molar-refractivity contribution in [3.05, 3.63) is 53.0 Å². The third kappa shape index (κ3) is 2.52. The normalized spacial score (nSPS) is 13.2. The molecule has 0 saturated heterocycles. The van der Waals surface area contributed by atoms with Crippen molar-refractivity contribution in [2.24, 2.45) is 4.99 Å². The van der Waals surface area contributed by atoms with Crippen LogP contribution in [0.2, 0.25) is 0 Å². The molecule has 0 bridgehead atoms. The number of fused-ring (bicyclic) bond motifs is 1. The van der Waals surface area contributed by atoms with E-state index in [1.807, 2.05) is 0 Å². The van der Waals surface area contributed by atoms with Gasteiger partial charge in [-0.25, -0.2) is 9.38 Å². The van der Waals surface area contributed by atoms with Gasteiger partial charge in [0.1, 0.15) is 11.6 Å². The molecule has 23 heavy (non-hydrogen) atoms. The van der Waals surface area contributed by atoms with Crippen LogP contribution in [0.3, 0.4) is 0 Å². The summed E-state index contributed by atoms with van der Waals surface area (Å²) in [7, 11) is 1.79. The third-order valence-electron chi connectivity index (χ3n) is 3.78. The standard InChI is InChI=1S/C17H16FN3O2/c1-9-5-6-12(7-13(9)18)20-16(22)15-11(3)23-17-14(15)10(2)21(4)8-19-17/h5-8H,2H2,1,3-4H3,(H,20,22). The van der Waals surface area contributed by atoms with Crippen LogP contribution in [-0.4, -0.2) is 24.2 Å². The minimum absolute atomic E-state index is 0.353. The van der Waals surface area contributed by atoms with Crippen molar-refractivity contribution in [1.29, 1.82) is 0 Å². The van der Waals surface area contributed by atoms with Gasteiger partial charge in [0.05, 0.1) is 17.5 Å². The van der Waals surface area contributed by atoms with Gasteiger partial charge in [-0.2, -0.15) is 0 Å². The summed E-state index contributed by atoms with van der Waals surface area (Å²) in [5.41, 5.74) is 2.43. The molecule has 0 radical (unpaired) electrons. The molecule has 0 unspecified atom stereocenters. The van der Waals surface area contributed by atoms with E-state index in [1.165, 1.54) is 6.07 Å². The minimum atomic E-state index is -0.387. The fourth-order valence-electron chi connectivity index (χ4n) is 2.41. The zero-order valence-corrected chi connectivity index (χ0v) is 13.1. The van der Waals surface area contributed by atoms with E-state index in [1.54, 1.807) is 44.3 Å². The Morgan fingerprint density at radius 2 is 2.13 bits per heavy atom. The Bertz CT molecular complexity index is 852. The number of carbonyl (C=O) groups is 1. The fourth-order valence-corrected chi connectivity index (χ4v) is 2.41. The van der Waals surface area contributed by atoms with E-state index < -0.39 is 0 Å². The highest BCUT2D eigenvalue weighted by Gasteiger charge is 2.28. The first kappa shape index (κ1) is 15.0. The molecule has 1 aliphatic rings. The maximum atomic E-state index is 13.6. The summed E-state index contributed by atoms with van der Waals surface area (Å²) in [6, 6.07) is 4.55. The Hall–Kier alpha value is -2.89. The van der Waals surface area contributed by atoms with Gasteiger partial charge in [-0.05, 0) is 31.5 Å². The molecule has 1 aromatic heterocycles. The van der Waals surface area contributed by atoms with Crippen molar-refractivity contribution in [3.8, 4) is 0 Å². The van der Waals surface area contributed by atoms with E-state index >= 15 is 0 Å². The summed E-state index contributed by atoms with van der Waals surface area (Å²) in [4.78, 5) is 18.5. The summed E-state index contributed by atoms with van der Waals surface area (Å²) >= 11 is 0. The molecule has 0 fully saturated rings. The number of benzene rings is 1. The van der Waals surface area contributed by atoms with Crippen molar-refractivity contribution in [1.82, 2.24) is 4.90 Å². The first-order chi connectivity index (χ1) is 10.9. The van der Waals surface area contributed by atoms with Crippen molar-refractivity contribution in [2.75, 3.05) is 12.4 Å². The van der Waals surface area contributed by atoms with Crippen LogP contribution in [0.15, 0.2) is 34.2 Å². The van der Waals surface area contributed by atoms with Crippen LogP contribution in [0.5, 0.6) is 0 Å². The number of hydrogen-bond acceptors (Lipinski definition) is 4. The number of carbonyl (C=O) groups excluding carboxylic acids is 1. The molecule has 3 rings (SSSR count). The number of nitrogens with zero attached hydrogens (tertiary/aromatic N) is 2. The summed E-state index contributed by atoms with van der Waals surface area (Å²) in [6.45, 7) is 7.31. The molecule has 5 nitrogen and oxygen atoms in total. The van der Waals surface area contributed by atoms with Crippen LogP contribution >= 0.6 is 0 Å². The summed E-state index contributed by atoms with van der Waals surface area (Å²) < 4.78 is 19.2. The molecule has 2 aromatic rings. The highest BCUT2D eigenvalue weighted by Crippen LogP contribution is 2.37. The fraction of sp³-hybridized carbons (Fsp3) is 0.176. The Morgan fingerprint density at radius 3 is 2.83 bits per heavy atom. The van der Waals surface area contributed by atoms with Gasteiger partial charge in [0.15, 0.2) is 0 Å². The van der Waals surface area contributed by atoms with E-state index in [2.05, 4.69) is 16.9 Å². The van der Waals surface area contributed by atoms with Gasteiger partial charge in [0.25, 0.3) is 5.91 Å². The van der Waals surface area contributed by atoms with Gasteiger partial charge < -0.3 is 14.6 Å². The number of aryl methyl sites for hydroxylation is 2. The number of nitrogens with one attached hydrogen (secondary N) is 1. The number of rotatable bonds is 2. The number of hydrogen-bond donors (Lipinski definition) is 1. The second-order valence-electron chi connectivity index (χ2n) is 5.43. The van der Waals surface area contributed by atoms with Gasteiger partial charge in [-0.15, -0.1) is 0 Å². The minimum Gasteiger partial charge on any atom is -0.442 e. The zero-order valence-electron chi connectivity index (χ0n) is 13.1. The van der Waals surface area contributed by atoms with Gasteiger partial charge in [-0.1, -0.05) is 12.6 Å². The zero-order chi connectivity index (χ0) is 16.7. The maximum Gasteiger partial charge on any atom is 0.259 e. The Labute approximate surface area is 133 Å². The number of anilines is 1. The lowest BCUT2D eigenvalue weighted by molar-refractivity contribution is 0.102. The molecule has 0 saturated carbocycles. The van der Waals surface area contributed by atoms with Gasteiger partial charge in [0, 0.05) is 18.4 Å². The van der Waals surface area contributed by atoms with Crippen molar-refractivity contribution >= 4 is 29.5 Å². The molecule has 1 aromatic carbocycles. The second kappa shape index (κ2) is 5.39. The van der Waals surface area contributed by atoms with Crippen molar-refractivity contribution in [2.45, 2.75) is 13.8 Å². The van der Waals surface area contributed by atoms with Crippen molar-refractivity contribution in [3.63, 3.8) is 0 Å². The Balaban J connectivity index is 1.97. The molecular formula is C17H16FN3O2. The SMILES string of the molecule is C=C1c2c(oc(C)c2C(=O)Nc2ccc(C)c(F)c2)N=CN1C. The van der Waals surface area contributed by atoms with Crippen LogP contribution < -0.4 is 5.32 Å². The smallest absolute Gasteiger partial charge is 0.259 e. The number of furan rings is 1. The molecule has 0 atom stereocenters. The molecule has 2 heterocycles. The van der Waals surface area contributed by atoms with Gasteiger partial charge >= 0.3 is 0 Å². The highest BCUT2D eigenvalue weighted by molar-refractivity contribution is 6.10. The third-order valence-corrected chi connectivity index (χ3v) is 3.78. The molecule has 118 valence electrons. The maximum absolute atomic E-state index is 13.6. The highest BCUT2D eigenvalue weighted by atomic mass is 19.1. The van der Waals surface area contributed by atoms with E-state index in [0.29, 0.717) is 39.7 Å². The van der Waals surface area contributed by atoms with E-state index in [0.717, 1.165) is 0 Å². The van der Waals surface area contributed by atoms with Crippen LogP contribution in [0.1, 0.15) is 27.2 Å². The monoisotopic (exact) mass is 313 g/mol. The van der Waals surface area contributed by atoms with E-state index in [-0.39, 0.29) is 11.7 Å². The average Bonchev–Trinajstić information content (AvgIpc) is 2.84. The first-order valence-corrected chi connectivity index (χ1v) is 7.05. The Morgan fingerprint density at radius 1 is 1.39 bits per heavy atom. The van der Waals surface area contributed by atoms with Gasteiger partial charge in [-0.3, -0.25) is 4.79 Å². The lowest BCUT2D eigenvalue weighted by Gasteiger charge is -2.20. The molecule has 1 amide bonds. The predicted octanol–water partition coefficient (Wildman–Crippen LogP) is 3.86. The summed E-state index contributed by atoms with van der Waals surface area (Å²) in [6.07, 6.45) is 1.57. The lowest BCUT2D eigenvalue weighted by atomic mass is 10.1. The van der Waals surface area contributed by atoms with Crippen LogP contribution in [0.4, 0.5) is 16.0 Å². The number of aliphatic imine (C=N–C) groups is 1. The molecule has 0 spiro atoms. The average molecular weight is 313 g/mol. The molecule has 1 aliphatic heterocycles. The Kier molecular flexibility index (Phi) is 3.52. The number of halogens is 1. The lowest BCUT2D eigenvalue weighted by Crippen LogP contribution is -2.20. The molecular weight excluding hydrogens is 297 g/mol. The van der Waals surface area contributed by atoms with Gasteiger partial charge in [0.2, 0.25) is 5.88 Å². The molecule has 0 aliphatic carbocycles.